The van der Waals surface area contributed by atoms with Gasteiger partial charge in [-0.2, -0.15) is 5.10 Å². The Hall–Kier alpha value is -1.47. The van der Waals surface area contributed by atoms with Crippen molar-refractivity contribution in [3.05, 3.63) is 22.3 Å². The molecule has 1 amide bonds. The fourth-order valence-corrected chi connectivity index (χ4v) is 4.52. The summed E-state index contributed by atoms with van der Waals surface area (Å²) in [6, 6.07) is 3.61. The van der Waals surface area contributed by atoms with E-state index in [1.807, 2.05) is 41.0 Å². The number of likely N-dealkylation sites (N-methyl/N-ethyl adjacent to an activating group) is 1. The average Bonchev–Trinajstić information content (AvgIpc) is 3.23. The lowest BCUT2D eigenvalue weighted by atomic mass is 9.89. The Morgan fingerprint density at radius 1 is 1.50 bits per heavy atom. The number of carbonyl (C=O) groups is 1. The first-order valence-corrected chi connectivity index (χ1v) is 9.82. The summed E-state index contributed by atoms with van der Waals surface area (Å²) in [5.74, 6) is 1.46. The second kappa shape index (κ2) is 7.61. The van der Waals surface area contributed by atoms with E-state index in [4.69, 9.17) is 12.2 Å². The molecule has 24 heavy (non-hydrogen) atoms. The van der Waals surface area contributed by atoms with Gasteiger partial charge in [-0.05, 0) is 49.3 Å². The summed E-state index contributed by atoms with van der Waals surface area (Å²) in [6.07, 6.45) is 6.38. The first-order chi connectivity index (χ1) is 11.6. The van der Waals surface area contributed by atoms with E-state index < -0.39 is 0 Å². The molecule has 0 aliphatic heterocycles. The molecule has 1 unspecified atom stereocenters. The predicted octanol–water partition coefficient (Wildman–Crippen LogP) is 4.27. The van der Waals surface area contributed by atoms with Gasteiger partial charge in [0.1, 0.15) is 6.04 Å². The minimum atomic E-state index is -0.359. The minimum absolute atomic E-state index is 0.0934. The lowest BCUT2D eigenvalue weighted by molar-refractivity contribution is -0.133. The van der Waals surface area contributed by atoms with Crippen LogP contribution in [-0.4, -0.2) is 39.2 Å². The molecule has 130 valence electrons. The predicted molar refractivity (Wildman–Crippen MR) is 99.6 cm³/mol. The van der Waals surface area contributed by atoms with E-state index in [-0.39, 0.29) is 11.9 Å². The third kappa shape index (κ3) is 3.62. The number of aromatic nitrogens is 3. The Bertz CT molecular complexity index is 728. The number of hydrogen-bond donors (Lipinski definition) is 1. The summed E-state index contributed by atoms with van der Waals surface area (Å²) < 4.78 is 2.33. The molecule has 1 fully saturated rings. The molecule has 2 heterocycles. The van der Waals surface area contributed by atoms with Crippen LogP contribution in [0.15, 0.2) is 17.5 Å². The van der Waals surface area contributed by atoms with Crippen molar-refractivity contribution < 1.29 is 4.79 Å². The average molecular weight is 365 g/mol. The SMILES string of the molecule is CC(C(=O)N(C)CC1CCCCC1)n1c(-c2cccs2)n[nH]c1=S. The highest BCUT2D eigenvalue weighted by molar-refractivity contribution is 7.71. The van der Waals surface area contributed by atoms with Crippen LogP contribution in [0.1, 0.15) is 45.1 Å². The number of hydrogen-bond acceptors (Lipinski definition) is 4. The fourth-order valence-electron chi connectivity index (χ4n) is 3.52. The Labute approximate surface area is 151 Å². The maximum absolute atomic E-state index is 12.9. The van der Waals surface area contributed by atoms with Crippen molar-refractivity contribution in [2.24, 2.45) is 5.92 Å². The van der Waals surface area contributed by atoms with E-state index in [0.717, 1.165) is 17.2 Å². The molecule has 0 saturated heterocycles. The monoisotopic (exact) mass is 364 g/mol. The van der Waals surface area contributed by atoms with E-state index in [2.05, 4.69) is 10.2 Å². The van der Waals surface area contributed by atoms with Gasteiger partial charge < -0.3 is 4.90 Å². The van der Waals surface area contributed by atoms with Gasteiger partial charge in [-0.25, -0.2) is 0 Å². The highest BCUT2D eigenvalue weighted by Crippen LogP contribution is 2.27. The normalized spacial score (nSPS) is 16.9. The van der Waals surface area contributed by atoms with Crippen molar-refractivity contribution in [1.82, 2.24) is 19.7 Å². The van der Waals surface area contributed by atoms with Crippen molar-refractivity contribution in [2.75, 3.05) is 13.6 Å². The second-order valence-corrected chi connectivity index (χ2v) is 7.93. The highest BCUT2D eigenvalue weighted by Gasteiger charge is 2.26. The zero-order chi connectivity index (χ0) is 17.1. The molecule has 1 aliphatic carbocycles. The highest BCUT2D eigenvalue weighted by atomic mass is 32.1. The van der Waals surface area contributed by atoms with Gasteiger partial charge >= 0.3 is 0 Å². The zero-order valence-corrected chi connectivity index (χ0v) is 15.8. The van der Waals surface area contributed by atoms with Gasteiger partial charge in [-0.1, -0.05) is 25.3 Å². The van der Waals surface area contributed by atoms with Crippen molar-refractivity contribution >= 4 is 29.5 Å². The van der Waals surface area contributed by atoms with Gasteiger partial charge in [0, 0.05) is 13.6 Å². The maximum atomic E-state index is 12.9. The molecule has 0 radical (unpaired) electrons. The molecule has 2 aromatic heterocycles. The number of H-pyrrole nitrogens is 1. The van der Waals surface area contributed by atoms with Crippen LogP contribution in [0, 0.1) is 10.7 Å². The Kier molecular flexibility index (Phi) is 5.50. The van der Waals surface area contributed by atoms with Crippen LogP contribution in [0.5, 0.6) is 0 Å². The van der Waals surface area contributed by atoms with Crippen molar-refractivity contribution in [3.63, 3.8) is 0 Å². The van der Waals surface area contributed by atoms with Crippen molar-refractivity contribution in [3.8, 4) is 10.7 Å². The number of nitrogens with one attached hydrogen (secondary N) is 1. The summed E-state index contributed by atoms with van der Waals surface area (Å²) in [5, 5.41) is 9.15. The summed E-state index contributed by atoms with van der Waals surface area (Å²) in [6.45, 7) is 2.74. The van der Waals surface area contributed by atoms with Gasteiger partial charge in [-0.3, -0.25) is 14.5 Å². The Morgan fingerprint density at radius 3 is 2.92 bits per heavy atom. The number of rotatable bonds is 5. The molecule has 1 aliphatic rings. The summed E-state index contributed by atoms with van der Waals surface area (Å²) in [5.41, 5.74) is 0. The van der Waals surface area contributed by atoms with Gasteiger partial charge in [-0.15, -0.1) is 11.3 Å². The fraction of sp³-hybridized carbons (Fsp3) is 0.588. The summed E-state index contributed by atoms with van der Waals surface area (Å²) >= 11 is 6.96. The molecular weight excluding hydrogens is 340 g/mol. The molecule has 0 spiro atoms. The quantitative estimate of drug-likeness (QED) is 0.806. The summed E-state index contributed by atoms with van der Waals surface area (Å²) in [7, 11) is 1.90. The zero-order valence-electron chi connectivity index (χ0n) is 14.2. The molecule has 2 aromatic rings. The van der Waals surface area contributed by atoms with Crippen LogP contribution >= 0.6 is 23.6 Å². The molecule has 7 heteroatoms. The molecular formula is C17H24N4OS2. The van der Waals surface area contributed by atoms with E-state index in [9.17, 15) is 4.79 Å². The third-order valence-electron chi connectivity index (χ3n) is 4.82. The largest absolute Gasteiger partial charge is 0.344 e. The lowest BCUT2D eigenvalue weighted by Crippen LogP contribution is -2.37. The van der Waals surface area contributed by atoms with Crippen molar-refractivity contribution in [1.29, 1.82) is 0 Å². The van der Waals surface area contributed by atoms with Crippen LogP contribution in [-0.2, 0) is 4.79 Å². The van der Waals surface area contributed by atoms with E-state index in [0.29, 0.717) is 10.7 Å². The van der Waals surface area contributed by atoms with Crippen LogP contribution in [0.2, 0.25) is 0 Å². The molecule has 0 aromatic carbocycles. The molecule has 1 saturated carbocycles. The van der Waals surface area contributed by atoms with Gasteiger partial charge in [0.15, 0.2) is 10.6 Å². The van der Waals surface area contributed by atoms with Crippen LogP contribution in [0.3, 0.4) is 0 Å². The first kappa shape index (κ1) is 17.4. The van der Waals surface area contributed by atoms with Gasteiger partial charge in [0.25, 0.3) is 0 Å². The Morgan fingerprint density at radius 2 is 2.25 bits per heavy atom. The number of aromatic amines is 1. The molecule has 3 rings (SSSR count). The molecule has 1 N–H and O–H groups in total. The molecule has 1 atom stereocenters. The number of carbonyl (C=O) groups excluding carboxylic acids is 1. The maximum Gasteiger partial charge on any atom is 0.245 e. The number of thiophene rings is 1. The summed E-state index contributed by atoms with van der Waals surface area (Å²) in [4.78, 5) is 15.8. The van der Waals surface area contributed by atoms with E-state index in [1.54, 1.807) is 11.3 Å². The smallest absolute Gasteiger partial charge is 0.245 e. The number of nitrogens with zero attached hydrogens (tertiary/aromatic N) is 3. The van der Waals surface area contributed by atoms with Crippen LogP contribution in [0.25, 0.3) is 10.7 Å². The topological polar surface area (TPSA) is 53.9 Å². The van der Waals surface area contributed by atoms with E-state index >= 15 is 0 Å². The lowest BCUT2D eigenvalue weighted by Gasteiger charge is -2.29. The number of amides is 1. The molecule has 5 nitrogen and oxygen atoms in total. The Balaban J connectivity index is 1.76. The van der Waals surface area contributed by atoms with Gasteiger partial charge in [0.2, 0.25) is 5.91 Å². The van der Waals surface area contributed by atoms with Gasteiger partial charge in [0.05, 0.1) is 4.88 Å². The minimum Gasteiger partial charge on any atom is -0.344 e. The standard InChI is InChI=1S/C17H24N4OS2/c1-12(16(22)20(2)11-13-7-4-3-5-8-13)21-15(18-19-17(21)23)14-9-6-10-24-14/h6,9-10,12-13H,3-5,7-8,11H2,1-2H3,(H,19,23). The molecule has 0 bridgehead atoms. The second-order valence-electron chi connectivity index (χ2n) is 6.60. The van der Waals surface area contributed by atoms with Crippen LogP contribution < -0.4 is 0 Å². The first-order valence-electron chi connectivity index (χ1n) is 8.53. The van der Waals surface area contributed by atoms with Crippen LogP contribution in [0.4, 0.5) is 0 Å². The van der Waals surface area contributed by atoms with Crippen molar-refractivity contribution in [2.45, 2.75) is 45.1 Å². The van der Waals surface area contributed by atoms with E-state index in [1.165, 1.54) is 32.1 Å². The third-order valence-corrected chi connectivity index (χ3v) is 5.98.